The van der Waals surface area contributed by atoms with Crippen LogP contribution in [0.3, 0.4) is 0 Å². The number of urea groups is 1. The summed E-state index contributed by atoms with van der Waals surface area (Å²) in [6.45, 7) is 1.07. The summed E-state index contributed by atoms with van der Waals surface area (Å²) in [5.41, 5.74) is -1.55. The molecule has 0 spiro atoms. The van der Waals surface area contributed by atoms with Gasteiger partial charge >= 0.3 is 12.2 Å². The van der Waals surface area contributed by atoms with Gasteiger partial charge in [-0.3, -0.25) is 10.1 Å². The largest absolute Gasteiger partial charge is 0.489 e. The van der Waals surface area contributed by atoms with Crippen molar-refractivity contribution in [1.82, 2.24) is 14.9 Å². The molecule has 1 atom stereocenters. The van der Waals surface area contributed by atoms with Crippen LogP contribution in [0, 0.1) is 0 Å². The van der Waals surface area contributed by atoms with E-state index in [1.165, 1.54) is 17.3 Å². The second kappa shape index (κ2) is 9.14. The molecule has 178 valence electrons. The minimum Gasteiger partial charge on any atom is -0.489 e. The summed E-state index contributed by atoms with van der Waals surface area (Å²) in [5, 5.41) is 4.36. The first-order valence-corrected chi connectivity index (χ1v) is 11.6. The molecule has 0 saturated carbocycles. The lowest BCUT2D eigenvalue weighted by atomic mass is 10.1. The van der Waals surface area contributed by atoms with Crippen LogP contribution in [0.2, 0.25) is 0 Å². The number of nitrogens with one attached hydrogen (secondary N) is 2. The van der Waals surface area contributed by atoms with Gasteiger partial charge < -0.3 is 14.8 Å². The third kappa shape index (κ3) is 6.03. The molecule has 2 fully saturated rings. The van der Waals surface area contributed by atoms with E-state index in [-0.39, 0.29) is 30.7 Å². The first kappa shape index (κ1) is 24.1. The van der Waals surface area contributed by atoms with E-state index in [0.29, 0.717) is 12.8 Å². The molecule has 0 aliphatic carbocycles. The highest BCUT2D eigenvalue weighted by atomic mass is 32.2. The Balaban J connectivity index is 1.55. The second-order valence-corrected chi connectivity index (χ2v) is 9.84. The third-order valence-corrected chi connectivity index (χ3v) is 7.26. The quantitative estimate of drug-likeness (QED) is 0.550. The SMILES string of the molecule is C[C@]1(CS(=O)(=O)N2CCC(Oc3ccccc3OCCC(F)(F)F)CC2)NC(=O)NC1=O. The van der Waals surface area contributed by atoms with E-state index < -0.39 is 52.5 Å². The van der Waals surface area contributed by atoms with E-state index in [1.807, 2.05) is 5.32 Å². The number of hydrogen-bond donors (Lipinski definition) is 2. The van der Waals surface area contributed by atoms with Crippen LogP contribution in [0.25, 0.3) is 0 Å². The summed E-state index contributed by atoms with van der Waals surface area (Å²) in [5.74, 6) is -0.804. The first-order chi connectivity index (χ1) is 14.9. The van der Waals surface area contributed by atoms with Crippen LogP contribution in [0.5, 0.6) is 11.5 Å². The van der Waals surface area contributed by atoms with Crippen molar-refractivity contribution in [3.05, 3.63) is 24.3 Å². The van der Waals surface area contributed by atoms with Crippen LogP contribution >= 0.6 is 0 Å². The predicted octanol–water partition coefficient (Wildman–Crippen LogP) is 1.79. The highest BCUT2D eigenvalue weighted by molar-refractivity contribution is 7.89. The van der Waals surface area contributed by atoms with Crippen LogP contribution in [0.15, 0.2) is 24.3 Å². The Labute approximate surface area is 183 Å². The summed E-state index contributed by atoms with van der Waals surface area (Å²) in [6, 6.07) is 5.62. The number of amides is 3. The number of carbonyl (C=O) groups is 2. The van der Waals surface area contributed by atoms with Crippen molar-refractivity contribution in [3.8, 4) is 11.5 Å². The van der Waals surface area contributed by atoms with E-state index >= 15 is 0 Å². The van der Waals surface area contributed by atoms with Crippen LogP contribution in [0.1, 0.15) is 26.2 Å². The van der Waals surface area contributed by atoms with Crippen molar-refractivity contribution in [2.75, 3.05) is 25.4 Å². The molecule has 0 bridgehead atoms. The maximum Gasteiger partial charge on any atom is 0.392 e. The van der Waals surface area contributed by atoms with Crippen molar-refractivity contribution in [2.45, 2.75) is 44.0 Å². The molecule has 2 saturated heterocycles. The van der Waals surface area contributed by atoms with Crippen LogP contribution in [-0.4, -0.2) is 67.9 Å². The Kier molecular flexibility index (Phi) is 6.89. The topological polar surface area (TPSA) is 114 Å². The number of carbonyl (C=O) groups excluding carboxylic acids is 2. The summed E-state index contributed by atoms with van der Waals surface area (Å²) < 4.78 is 74.9. The maximum atomic E-state index is 12.8. The lowest BCUT2D eigenvalue weighted by molar-refractivity contribution is -0.139. The van der Waals surface area contributed by atoms with E-state index in [4.69, 9.17) is 9.47 Å². The lowest BCUT2D eigenvalue weighted by Crippen LogP contribution is -2.53. The molecule has 0 radical (unpaired) electrons. The van der Waals surface area contributed by atoms with Gasteiger partial charge in [0.05, 0.1) is 18.8 Å². The highest BCUT2D eigenvalue weighted by Crippen LogP contribution is 2.31. The normalized spacial score (nSPS) is 23.0. The van der Waals surface area contributed by atoms with Crippen LogP contribution in [-0.2, 0) is 14.8 Å². The van der Waals surface area contributed by atoms with Crippen molar-refractivity contribution >= 4 is 22.0 Å². The smallest absolute Gasteiger partial charge is 0.392 e. The van der Waals surface area contributed by atoms with Gasteiger partial charge in [-0.2, -0.15) is 13.2 Å². The summed E-state index contributed by atoms with van der Waals surface area (Å²) in [7, 11) is -3.84. The van der Waals surface area contributed by atoms with Gasteiger partial charge in [-0.1, -0.05) is 12.1 Å². The molecule has 9 nitrogen and oxygen atoms in total. The number of halogens is 3. The van der Waals surface area contributed by atoms with Crippen LogP contribution in [0.4, 0.5) is 18.0 Å². The molecule has 3 rings (SSSR count). The fourth-order valence-electron chi connectivity index (χ4n) is 3.49. The molecule has 13 heteroatoms. The number of imide groups is 1. The van der Waals surface area contributed by atoms with Crippen molar-refractivity contribution < 1.29 is 40.7 Å². The minimum absolute atomic E-state index is 0.135. The van der Waals surface area contributed by atoms with Gasteiger partial charge in [-0.25, -0.2) is 17.5 Å². The number of sulfonamides is 1. The number of piperidine rings is 1. The van der Waals surface area contributed by atoms with Crippen LogP contribution < -0.4 is 20.1 Å². The first-order valence-electron chi connectivity index (χ1n) is 9.95. The Morgan fingerprint density at radius 1 is 1.16 bits per heavy atom. The number of ether oxygens (including phenoxy) is 2. The molecule has 0 unspecified atom stereocenters. The zero-order chi connectivity index (χ0) is 23.6. The molecular formula is C19H24F3N3O6S. The highest BCUT2D eigenvalue weighted by Gasteiger charge is 2.47. The monoisotopic (exact) mass is 479 g/mol. The molecule has 2 N–H and O–H groups in total. The Morgan fingerprint density at radius 2 is 1.78 bits per heavy atom. The van der Waals surface area contributed by atoms with Gasteiger partial charge in [-0.05, 0) is 31.9 Å². The van der Waals surface area contributed by atoms with E-state index in [1.54, 1.807) is 18.2 Å². The molecule has 2 aliphatic rings. The summed E-state index contributed by atoms with van der Waals surface area (Å²) >= 11 is 0. The number of rotatable bonds is 8. The predicted molar refractivity (Wildman–Crippen MR) is 107 cm³/mol. The van der Waals surface area contributed by atoms with Crippen molar-refractivity contribution in [3.63, 3.8) is 0 Å². The maximum absolute atomic E-state index is 12.8. The van der Waals surface area contributed by atoms with Gasteiger partial charge in [0.1, 0.15) is 11.6 Å². The molecule has 1 aromatic carbocycles. The zero-order valence-corrected chi connectivity index (χ0v) is 18.1. The number of nitrogens with zero attached hydrogens (tertiary/aromatic N) is 1. The number of alkyl halides is 3. The molecule has 32 heavy (non-hydrogen) atoms. The van der Waals surface area contributed by atoms with Gasteiger partial charge in [0, 0.05) is 13.1 Å². The lowest BCUT2D eigenvalue weighted by Gasteiger charge is -2.33. The van der Waals surface area contributed by atoms with Gasteiger partial charge in [0.25, 0.3) is 5.91 Å². The molecule has 2 aliphatic heterocycles. The van der Waals surface area contributed by atoms with Gasteiger partial charge in [0.15, 0.2) is 11.5 Å². The molecule has 3 amide bonds. The molecule has 0 aromatic heterocycles. The molecular weight excluding hydrogens is 455 g/mol. The third-order valence-electron chi connectivity index (χ3n) is 5.17. The standard InChI is InChI=1S/C19H24F3N3O6S/c1-18(16(26)23-17(27)24-18)12-32(28,29)25-9-6-13(7-10-25)31-15-5-3-2-4-14(15)30-11-8-19(20,21)22/h2-5,13H,6-12H2,1H3,(H2,23,24,26,27)/t18-/m1/s1. The number of benzene rings is 1. The Morgan fingerprint density at radius 3 is 2.34 bits per heavy atom. The molecule has 2 heterocycles. The minimum atomic E-state index is -4.33. The number of para-hydroxylation sites is 2. The molecule has 1 aromatic rings. The van der Waals surface area contributed by atoms with Gasteiger partial charge in [0.2, 0.25) is 10.0 Å². The Hall–Kier alpha value is -2.54. The zero-order valence-electron chi connectivity index (χ0n) is 17.3. The second-order valence-electron chi connectivity index (χ2n) is 7.87. The van der Waals surface area contributed by atoms with Crippen molar-refractivity contribution in [1.29, 1.82) is 0 Å². The average molecular weight is 479 g/mol. The fourth-order valence-corrected chi connectivity index (χ4v) is 5.37. The van der Waals surface area contributed by atoms with E-state index in [9.17, 15) is 31.2 Å². The fraction of sp³-hybridized carbons (Fsp3) is 0.579. The van der Waals surface area contributed by atoms with Crippen molar-refractivity contribution in [2.24, 2.45) is 0 Å². The number of hydrogen-bond acceptors (Lipinski definition) is 6. The summed E-state index contributed by atoms with van der Waals surface area (Å²) in [6.07, 6.45) is -5.10. The Bertz CT molecular complexity index is 963. The average Bonchev–Trinajstić information content (AvgIpc) is 2.93. The van der Waals surface area contributed by atoms with Gasteiger partial charge in [-0.15, -0.1) is 0 Å². The van der Waals surface area contributed by atoms with E-state index in [2.05, 4.69) is 5.32 Å². The van der Waals surface area contributed by atoms with E-state index in [0.717, 1.165) is 0 Å². The summed E-state index contributed by atoms with van der Waals surface area (Å²) in [4.78, 5) is 23.3.